The average molecular weight is 529 g/mol. The van der Waals surface area contributed by atoms with Gasteiger partial charge in [-0.15, -0.1) is 0 Å². The molecule has 7 nitrogen and oxygen atoms in total. The van der Waals surface area contributed by atoms with Gasteiger partial charge < -0.3 is 19.5 Å². The number of aromatic nitrogens is 1. The van der Waals surface area contributed by atoms with Gasteiger partial charge in [0.25, 0.3) is 11.7 Å². The standard InChI is InChI=1S/C32H36N2O5/c1-6-38-27-11-10-24(17-26(27)21(4)5)30(35)28-29(23-8-7-9-25(16-23)39-19-20(2)3)34(32(37)31(28)36)18-22-12-14-33-15-13-22/h7-17,20-21,29,35H,6,18-19H2,1-5H3/b30-28+. The maximum atomic E-state index is 13.5. The molecule has 2 heterocycles. The number of rotatable bonds is 10. The SMILES string of the molecule is CCOc1ccc(/C(O)=C2\C(=O)C(=O)N(Cc3ccncc3)C2c2cccc(OCC(C)C)c2)cc1C(C)C. The number of benzene rings is 2. The summed E-state index contributed by atoms with van der Waals surface area (Å²) < 4.78 is 11.7. The number of aliphatic hydroxyl groups is 1. The maximum Gasteiger partial charge on any atom is 0.295 e. The molecular weight excluding hydrogens is 492 g/mol. The Bertz CT molecular complexity index is 1360. The van der Waals surface area contributed by atoms with Gasteiger partial charge in [0.15, 0.2) is 0 Å². The van der Waals surface area contributed by atoms with Gasteiger partial charge in [-0.2, -0.15) is 0 Å². The predicted molar refractivity (Wildman–Crippen MR) is 151 cm³/mol. The third-order valence-electron chi connectivity index (χ3n) is 6.60. The normalized spacial score (nSPS) is 16.8. The van der Waals surface area contributed by atoms with Gasteiger partial charge in [-0.05, 0) is 77.9 Å². The van der Waals surface area contributed by atoms with E-state index in [2.05, 4.69) is 18.8 Å². The molecular formula is C32H36N2O5. The summed E-state index contributed by atoms with van der Waals surface area (Å²) in [5.74, 6) is 0.225. The molecule has 0 bridgehead atoms. The Labute approximate surface area is 230 Å². The van der Waals surface area contributed by atoms with E-state index in [0.29, 0.717) is 36.0 Å². The van der Waals surface area contributed by atoms with Crippen molar-refractivity contribution in [2.45, 2.75) is 53.1 Å². The van der Waals surface area contributed by atoms with E-state index < -0.39 is 17.7 Å². The van der Waals surface area contributed by atoms with Crippen LogP contribution in [0.5, 0.6) is 11.5 Å². The van der Waals surface area contributed by atoms with Crippen molar-refractivity contribution in [3.05, 3.63) is 94.8 Å². The number of aliphatic hydroxyl groups excluding tert-OH is 1. The minimum absolute atomic E-state index is 0.0499. The molecule has 1 aliphatic heterocycles. The first kappa shape index (κ1) is 27.9. The van der Waals surface area contributed by atoms with E-state index in [-0.39, 0.29) is 23.8 Å². The molecule has 0 saturated carbocycles. The number of hydrogen-bond donors (Lipinski definition) is 1. The molecule has 1 aromatic heterocycles. The highest BCUT2D eigenvalue weighted by atomic mass is 16.5. The van der Waals surface area contributed by atoms with Gasteiger partial charge in [0.05, 0.1) is 24.8 Å². The van der Waals surface area contributed by atoms with Crippen molar-refractivity contribution in [3.8, 4) is 11.5 Å². The van der Waals surface area contributed by atoms with Crippen molar-refractivity contribution >= 4 is 17.4 Å². The molecule has 1 unspecified atom stereocenters. The summed E-state index contributed by atoms with van der Waals surface area (Å²) in [4.78, 5) is 32.5. The monoisotopic (exact) mass is 528 g/mol. The quantitative estimate of drug-likeness (QED) is 0.190. The Hall–Kier alpha value is -4.13. The lowest BCUT2D eigenvalue weighted by Gasteiger charge is -2.26. The topological polar surface area (TPSA) is 89.0 Å². The van der Waals surface area contributed by atoms with Gasteiger partial charge in [0.2, 0.25) is 0 Å². The Morgan fingerprint density at radius 3 is 2.41 bits per heavy atom. The Morgan fingerprint density at radius 2 is 1.74 bits per heavy atom. The number of hydrogen-bond acceptors (Lipinski definition) is 6. The van der Waals surface area contributed by atoms with Gasteiger partial charge in [-0.25, -0.2) is 0 Å². The predicted octanol–water partition coefficient (Wildman–Crippen LogP) is 6.26. The first-order valence-corrected chi connectivity index (χ1v) is 13.4. The molecule has 4 rings (SSSR count). The zero-order valence-corrected chi connectivity index (χ0v) is 23.2. The number of likely N-dealkylation sites (tertiary alicyclic amines) is 1. The number of Topliss-reactive ketones (excluding diaryl/α,β-unsaturated/α-hetero) is 1. The van der Waals surface area contributed by atoms with E-state index in [1.54, 1.807) is 36.7 Å². The largest absolute Gasteiger partial charge is 0.507 e. The zero-order valence-electron chi connectivity index (χ0n) is 23.2. The zero-order chi connectivity index (χ0) is 28.1. The van der Waals surface area contributed by atoms with Gasteiger partial charge in [0, 0.05) is 24.5 Å². The van der Waals surface area contributed by atoms with E-state index in [1.807, 2.05) is 51.1 Å². The minimum atomic E-state index is -0.796. The summed E-state index contributed by atoms with van der Waals surface area (Å²) in [5, 5.41) is 11.6. The molecule has 1 atom stereocenters. The van der Waals surface area contributed by atoms with Gasteiger partial charge in [0.1, 0.15) is 17.3 Å². The lowest BCUT2D eigenvalue weighted by molar-refractivity contribution is -0.140. The fraction of sp³-hybridized carbons (Fsp3) is 0.344. The third kappa shape index (κ3) is 6.14. The van der Waals surface area contributed by atoms with Gasteiger partial charge >= 0.3 is 0 Å². The highest BCUT2D eigenvalue weighted by Gasteiger charge is 2.46. The summed E-state index contributed by atoms with van der Waals surface area (Å²) in [6, 6.07) is 15.5. The molecule has 1 amide bonds. The summed E-state index contributed by atoms with van der Waals surface area (Å²) in [7, 11) is 0. The van der Waals surface area contributed by atoms with Crippen molar-refractivity contribution < 1.29 is 24.2 Å². The van der Waals surface area contributed by atoms with Crippen LogP contribution in [0.3, 0.4) is 0 Å². The first-order chi connectivity index (χ1) is 18.7. The number of amides is 1. The molecule has 204 valence electrons. The van der Waals surface area contributed by atoms with E-state index in [4.69, 9.17) is 9.47 Å². The fourth-order valence-electron chi connectivity index (χ4n) is 4.70. The van der Waals surface area contributed by atoms with E-state index >= 15 is 0 Å². The van der Waals surface area contributed by atoms with Crippen LogP contribution in [0.2, 0.25) is 0 Å². The van der Waals surface area contributed by atoms with E-state index in [0.717, 1.165) is 16.9 Å². The number of ketones is 1. The molecule has 1 N–H and O–H groups in total. The lowest BCUT2D eigenvalue weighted by atomic mass is 9.93. The Kier molecular flexibility index (Phi) is 8.69. The molecule has 1 fully saturated rings. The van der Waals surface area contributed by atoms with Crippen LogP contribution in [0.1, 0.15) is 68.8 Å². The molecule has 0 radical (unpaired) electrons. The summed E-state index contributed by atoms with van der Waals surface area (Å²) >= 11 is 0. The molecule has 1 aliphatic rings. The van der Waals surface area contributed by atoms with Crippen LogP contribution >= 0.6 is 0 Å². The van der Waals surface area contributed by atoms with Crippen LogP contribution in [-0.4, -0.2) is 39.9 Å². The second-order valence-electron chi connectivity index (χ2n) is 10.4. The van der Waals surface area contributed by atoms with Crippen LogP contribution in [0.25, 0.3) is 5.76 Å². The minimum Gasteiger partial charge on any atom is -0.507 e. The summed E-state index contributed by atoms with van der Waals surface area (Å²) in [6.07, 6.45) is 3.29. The van der Waals surface area contributed by atoms with Crippen LogP contribution in [0.15, 0.2) is 72.6 Å². The highest BCUT2D eigenvalue weighted by Crippen LogP contribution is 2.42. The smallest absolute Gasteiger partial charge is 0.295 e. The fourth-order valence-corrected chi connectivity index (χ4v) is 4.70. The Morgan fingerprint density at radius 1 is 1.00 bits per heavy atom. The van der Waals surface area contributed by atoms with Crippen LogP contribution < -0.4 is 9.47 Å². The molecule has 3 aromatic rings. The van der Waals surface area contributed by atoms with Crippen molar-refractivity contribution in [2.24, 2.45) is 5.92 Å². The molecule has 1 saturated heterocycles. The second-order valence-corrected chi connectivity index (χ2v) is 10.4. The summed E-state index contributed by atoms with van der Waals surface area (Å²) in [5.41, 5.74) is 2.93. The second kappa shape index (κ2) is 12.2. The number of pyridine rings is 1. The molecule has 0 aliphatic carbocycles. The van der Waals surface area contributed by atoms with E-state index in [9.17, 15) is 14.7 Å². The van der Waals surface area contributed by atoms with E-state index in [1.165, 1.54) is 4.90 Å². The first-order valence-electron chi connectivity index (χ1n) is 13.4. The van der Waals surface area contributed by atoms with Crippen molar-refractivity contribution in [3.63, 3.8) is 0 Å². The maximum absolute atomic E-state index is 13.5. The summed E-state index contributed by atoms with van der Waals surface area (Å²) in [6.45, 7) is 11.4. The highest BCUT2D eigenvalue weighted by molar-refractivity contribution is 6.46. The third-order valence-corrected chi connectivity index (χ3v) is 6.60. The van der Waals surface area contributed by atoms with Crippen molar-refractivity contribution in [2.75, 3.05) is 13.2 Å². The Balaban J connectivity index is 1.85. The van der Waals surface area contributed by atoms with Crippen LogP contribution in [0.4, 0.5) is 0 Å². The average Bonchev–Trinajstić information content (AvgIpc) is 3.17. The number of carbonyl (C=O) groups excluding carboxylic acids is 2. The van der Waals surface area contributed by atoms with Crippen molar-refractivity contribution in [1.82, 2.24) is 9.88 Å². The molecule has 2 aromatic carbocycles. The van der Waals surface area contributed by atoms with Crippen LogP contribution in [-0.2, 0) is 16.1 Å². The van der Waals surface area contributed by atoms with Crippen molar-refractivity contribution in [1.29, 1.82) is 0 Å². The van der Waals surface area contributed by atoms with Gasteiger partial charge in [-0.1, -0.05) is 39.8 Å². The molecule has 39 heavy (non-hydrogen) atoms. The molecule has 7 heteroatoms. The number of ether oxygens (including phenoxy) is 2. The number of carbonyl (C=O) groups is 2. The lowest BCUT2D eigenvalue weighted by Crippen LogP contribution is -2.29. The number of nitrogens with zero attached hydrogens (tertiary/aromatic N) is 2. The molecule has 0 spiro atoms. The van der Waals surface area contributed by atoms with Gasteiger partial charge in [-0.3, -0.25) is 14.6 Å². The van der Waals surface area contributed by atoms with Crippen LogP contribution in [0, 0.1) is 5.92 Å².